The first-order valence-corrected chi connectivity index (χ1v) is 6.24. The van der Waals surface area contributed by atoms with Crippen molar-refractivity contribution in [2.24, 2.45) is 11.7 Å². The van der Waals surface area contributed by atoms with E-state index in [0.717, 1.165) is 25.9 Å². The highest BCUT2D eigenvalue weighted by molar-refractivity contribution is 5.78. The van der Waals surface area contributed by atoms with E-state index < -0.39 is 0 Å². The molecule has 0 aromatic heterocycles. The maximum atomic E-state index is 11.6. The average Bonchev–Trinajstić information content (AvgIpc) is 2.12. The molecule has 0 saturated carbocycles. The van der Waals surface area contributed by atoms with Crippen molar-refractivity contribution in [3.8, 4) is 0 Å². The van der Waals surface area contributed by atoms with Crippen molar-refractivity contribution < 1.29 is 4.79 Å². The molecule has 3 N–H and O–H groups in total. The molecule has 4 heteroatoms. The summed E-state index contributed by atoms with van der Waals surface area (Å²) >= 11 is 0. The van der Waals surface area contributed by atoms with Crippen LogP contribution in [0.4, 0.5) is 0 Å². The van der Waals surface area contributed by atoms with Gasteiger partial charge in [-0.05, 0) is 25.7 Å². The predicted octanol–water partition coefficient (Wildman–Crippen LogP) is 0.570. The standard InChI is InChI=1S/C12H25N3O/c1-9(2)4-5-10(3)14-12(16)8-15-6-11(13)7-15/h9-11H,4-8,13H2,1-3H3,(H,14,16). The fourth-order valence-corrected chi connectivity index (χ4v) is 1.92. The molecule has 1 fully saturated rings. The van der Waals surface area contributed by atoms with Gasteiger partial charge in [0.05, 0.1) is 6.54 Å². The summed E-state index contributed by atoms with van der Waals surface area (Å²) in [6, 6.07) is 0.552. The van der Waals surface area contributed by atoms with Gasteiger partial charge in [-0.2, -0.15) is 0 Å². The average molecular weight is 227 g/mol. The summed E-state index contributed by atoms with van der Waals surface area (Å²) in [5.41, 5.74) is 5.65. The van der Waals surface area contributed by atoms with Gasteiger partial charge in [0, 0.05) is 25.2 Å². The maximum Gasteiger partial charge on any atom is 0.234 e. The summed E-state index contributed by atoms with van der Waals surface area (Å²) in [5, 5.41) is 3.03. The molecule has 0 aromatic carbocycles. The Hall–Kier alpha value is -0.610. The zero-order chi connectivity index (χ0) is 12.1. The quantitative estimate of drug-likeness (QED) is 0.697. The molecular weight excluding hydrogens is 202 g/mol. The van der Waals surface area contributed by atoms with Crippen LogP contribution in [0.15, 0.2) is 0 Å². The topological polar surface area (TPSA) is 58.4 Å². The Bertz CT molecular complexity index is 224. The molecule has 1 saturated heterocycles. The van der Waals surface area contributed by atoms with Crippen LogP contribution in [0.3, 0.4) is 0 Å². The number of likely N-dealkylation sites (tertiary alicyclic amines) is 1. The van der Waals surface area contributed by atoms with Crippen molar-refractivity contribution in [2.45, 2.75) is 45.7 Å². The molecule has 0 radical (unpaired) electrons. The second-order valence-corrected chi connectivity index (χ2v) is 5.39. The Morgan fingerprint density at radius 3 is 2.50 bits per heavy atom. The minimum atomic E-state index is 0.128. The summed E-state index contributed by atoms with van der Waals surface area (Å²) in [6.07, 6.45) is 2.22. The second-order valence-electron chi connectivity index (χ2n) is 5.39. The summed E-state index contributed by atoms with van der Waals surface area (Å²) < 4.78 is 0. The number of carbonyl (C=O) groups excluding carboxylic acids is 1. The van der Waals surface area contributed by atoms with Gasteiger partial charge in [0.1, 0.15) is 0 Å². The monoisotopic (exact) mass is 227 g/mol. The SMILES string of the molecule is CC(C)CCC(C)NC(=O)CN1CC(N)C1. The molecule has 0 aliphatic carbocycles. The van der Waals surface area contributed by atoms with Gasteiger partial charge in [0.2, 0.25) is 5.91 Å². The van der Waals surface area contributed by atoms with Crippen molar-refractivity contribution in [2.75, 3.05) is 19.6 Å². The minimum absolute atomic E-state index is 0.128. The number of nitrogens with one attached hydrogen (secondary N) is 1. The van der Waals surface area contributed by atoms with E-state index in [2.05, 4.69) is 31.0 Å². The normalized spacial score (nSPS) is 19.6. The van der Waals surface area contributed by atoms with Crippen LogP contribution < -0.4 is 11.1 Å². The first-order valence-electron chi connectivity index (χ1n) is 6.24. The van der Waals surface area contributed by atoms with Gasteiger partial charge >= 0.3 is 0 Å². The molecule has 1 amide bonds. The van der Waals surface area contributed by atoms with Gasteiger partial charge in [-0.3, -0.25) is 9.69 Å². The lowest BCUT2D eigenvalue weighted by Gasteiger charge is -2.36. The number of nitrogens with two attached hydrogens (primary N) is 1. The Kier molecular flexibility index (Phi) is 5.22. The van der Waals surface area contributed by atoms with Crippen LogP contribution in [0.5, 0.6) is 0 Å². The molecule has 1 aliphatic heterocycles. The van der Waals surface area contributed by atoms with Gasteiger partial charge in [0.15, 0.2) is 0 Å². The number of nitrogens with zero attached hydrogens (tertiary/aromatic N) is 1. The first kappa shape index (κ1) is 13.5. The van der Waals surface area contributed by atoms with Crippen molar-refractivity contribution >= 4 is 5.91 Å². The van der Waals surface area contributed by atoms with Gasteiger partial charge < -0.3 is 11.1 Å². The van der Waals surface area contributed by atoms with Gasteiger partial charge in [-0.1, -0.05) is 13.8 Å². The van der Waals surface area contributed by atoms with Gasteiger partial charge in [-0.25, -0.2) is 0 Å². The van der Waals surface area contributed by atoms with Gasteiger partial charge in [0.25, 0.3) is 0 Å². The lowest BCUT2D eigenvalue weighted by atomic mass is 10.0. The third kappa shape index (κ3) is 4.94. The predicted molar refractivity (Wildman–Crippen MR) is 66.1 cm³/mol. The van der Waals surface area contributed by atoms with E-state index in [1.54, 1.807) is 0 Å². The highest BCUT2D eigenvalue weighted by Gasteiger charge is 2.24. The Morgan fingerprint density at radius 1 is 1.38 bits per heavy atom. The lowest BCUT2D eigenvalue weighted by molar-refractivity contribution is -0.123. The van der Waals surface area contributed by atoms with E-state index in [1.165, 1.54) is 0 Å². The molecule has 1 unspecified atom stereocenters. The molecule has 1 heterocycles. The molecule has 0 bridgehead atoms. The van der Waals surface area contributed by atoms with Crippen LogP contribution in [-0.2, 0) is 4.79 Å². The Balaban J connectivity index is 2.08. The molecular formula is C12H25N3O. The molecule has 0 spiro atoms. The summed E-state index contributed by atoms with van der Waals surface area (Å²) in [7, 11) is 0. The highest BCUT2D eigenvalue weighted by Crippen LogP contribution is 2.07. The van der Waals surface area contributed by atoms with Crippen LogP contribution in [0.2, 0.25) is 0 Å². The second kappa shape index (κ2) is 6.21. The number of hydrogen-bond donors (Lipinski definition) is 2. The van der Waals surface area contributed by atoms with Crippen molar-refractivity contribution in [1.82, 2.24) is 10.2 Å². The zero-order valence-electron chi connectivity index (χ0n) is 10.7. The van der Waals surface area contributed by atoms with Crippen LogP contribution in [0.25, 0.3) is 0 Å². The molecule has 94 valence electrons. The van der Waals surface area contributed by atoms with Crippen molar-refractivity contribution in [3.63, 3.8) is 0 Å². The van der Waals surface area contributed by atoms with E-state index in [0.29, 0.717) is 12.5 Å². The zero-order valence-corrected chi connectivity index (χ0v) is 10.7. The van der Waals surface area contributed by atoms with Crippen LogP contribution in [-0.4, -0.2) is 42.5 Å². The van der Waals surface area contributed by atoms with E-state index in [9.17, 15) is 4.79 Å². The summed E-state index contributed by atoms with van der Waals surface area (Å²) in [4.78, 5) is 13.7. The Labute approximate surface area is 98.6 Å². The van der Waals surface area contributed by atoms with Crippen molar-refractivity contribution in [3.05, 3.63) is 0 Å². The van der Waals surface area contributed by atoms with Crippen molar-refractivity contribution in [1.29, 1.82) is 0 Å². The summed E-state index contributed by atoms with van der Waals surface area (Å²) in [5.74, 6) is 0.830. The van der Waals surface area contributed by atoms with Crippen LogP contribution in [0.1, 0.15) is 33.6 Å². The van der Waals surface area contributed by atoms with Crippen LogP contribution in [0, 0.1) is 5.92 Å². The third-order valence-corrected chi connectivity index (χ3v) is 2.94. The van der Waals surface area contributed by atoms with E-state index in [1.807, 2.05) is 0 Å². The fourth-order valence-electron chi connectivity index (χ4n) is 1.92. The summed E-state index contributed by atoms with van der Waals surface area (Å²) in [6.45, 7) is 8.69. The van der Waals surface area contributed by atoms with E-state index >= 15 is 0 Å². The number of amides is 1. The molecule has 16 heavy (non-hydrogen) atoms. The molecule has 1 aliphatic rings. The van der Waals surface area contributed by atoms with Gasteiger partial charge in [-0.15, -0.1) is 0 Å². The number of carbonyl (C=O) groups is 1. The van der Waals surface area contributed by atoms with E-state index in [-0.39, 0.29) is 18.0 Å². The molecule has 4 nitrogen and oxygen atoms in total. The van der Waals surface area contributed by atoms with Crippen LogP contribution >= 0.6 is 0 Å². The maximum absolute atomic E-state index is 11.6. The Morgan fingerprint density at radius 2 is 2.00 bits per heavy atom. The molecule has 1 atom stereocenters. The molecule has 0 aromatic rings. The number of rotatable bonds is 6. The number of hydrogen-bond acceptors (Lipinski definition) is 3. The smallest absolute Gasteiger partial charge is 0.234 e. The largest absolute Gasteiger partial charge is 0.353 e. The third-order valence-electron chi connectivity index (χ3n) is 2.94. The molecule has 1 rings (SSSR count). The first-order chi connectivity index (χ1) is 7.47. The highest BCUT2D eigenvalue weighted by atomic mass is 16.2. The lowest BCUT2D eigenvalue weighted by Crippen LogP contribution is -2.58. The van der Waals surface area contributed by atoms with E-state index in [4.69, 9.17) is 5.73 Å². The minimum Gasteiger partial charge on any atom is -0.353 e. The fraction of sp³-hybridized carbons (Fsp3) is 0.917.